The molecule has 28 heavy (non-hydrogen) atoms. The predicted octanol–water partition coefficient (Wildman–Crippen LogP) is 2.35. The molecule has 1 aromatic carbocycles. The third-order valence-corrected chi connectivity index (χ3v) is 5.43. The average molecular weight is 390 g/mol. The van der Waals surface area contributed by atoms with E-state index in [2.05, 4.69) is 78.5 Å². The van der Waals surface area contributed by atoms with E-state index in [0.29, 0.717) is 12.1 Å². The molecule has 0 spiro atoms. The van der Waals surface area contributed by atoms with Crippen LogP contribution in [0.25, 0.3) is 0 Å². The standard InChI is InChI=1S/C22H39N5O/c1-5-23-22(24-17-19(4)27-13-15-28-16-14-27)25-18-21(26(6-2)7-3)20-11-9-8-10-12-20/h8-12,19,21H,5-7,13-18H2,1-4H3,(H2,23,24,25). The van der Waals surface area contributed by atoms with E-state index in [4.69, 9.17) is 9.73 Å². The van der Waals surface area contributed by atoms with Gasteiger partial charge in [0.05, 0.1) is 25.8 Å². The second-order valence-corrected chi connectivity index (χ2v) is 7.25. The third-order valence-electron chi connectivity index (χ3n) is 5.43. The minimum absolute atomic E-state index is 0.330. The lowest BCUT2D eigenvalue weighted by Gasteiger charge is -2.32. The summed E-state index contributed by atoms with van der Waals surface area (Å²) in [5.74, 6) is 0.899. The molecule has 2 atom stereocenters. The Bertz CT molecular complexity index is 555. The number of likely N-dealkylation sites (N-methyl/N-ethyl adjacent to an activating group) is 1. The number of nitrogens with one attached hydrogen (secondary N) is 2. The van der Waals surface area contributed by atoms with Crippen molar-refractivity contribution >= 4 is 5.96 Å². The van der Waals surface area contributed by atoms with Crippen LogP contribution in [0.5, 0.6) is 0 Å². The topological polar surface area (TPSA) is 52.1 Å². The lowest BCUT2D eigenvalue weighted by Crippen LogP contribution is -2.45. The number of hydrogen-bond donors (Lipinski definition) is 2. The molecule has 0 amide bonds. The van der Waals surface area contributed by atoms with Crippen LogP contribution < -0.4 is 10.6 Å². The quantitative estimate of drug-likeness (QED) is 0.475. The molecule has 1 saturated heterocycles. The van der Waals surface area contributed by atoms with Gasteiger partial charge in [-0.15, -0.1) is 0 Å². The van der Waals surface area contributed by atoms with Gasteiger partial charge in [-0.05, 0) is 32.5 Å². The molecule has 1 aliphatic heterocycles. The van der Waals surface area contributed by atoms with Crippen LogP contribution >= 0.6 is 0 Å². The van der Waals surface area contributed by atoms with Gasteiger partial charge in [0.1, 0.15) is 0 Å². The zero-order valence-electron chi connectivity index (χ0n) is 18.2. The molecule has 2 unspecified atom stereocenters. The van der Waals surface area contributed by atoms with E-state index in [1.54, 1.807) is 0 Å². The molecule has 1 heterocycles. The van der Waals surface area contributed by atoms with Crippen molar-refractivity contribution in [3.05, 3.63) is 35.9 Å². The number of guanidine groups is 1. The smallest absolute Gasteiger partial charge is 0.191 e. The highest BCUT2D eigenvalue weighted by Gasteiger charge is 2.19. The maximum atomic E-state index is 5.46. The SMILES string of the molecule is CCNC(=NCC(C)N1CCOCC1)NCC(c1ccccc1)N(CC)CC. The molecule has 1 aliphatic rings. The van der Waals surface area contributed by atoms with E-state index in [1.807, 2.05) is 0 Å². The van der Waals surface area contributed by atoms with Gasteiger partial charge in [-0.2, -0.15) is 0 Å². The van der Waals surface area contributed by atoms with E-state index in [0.717, 1.165) is 65.0 Å². The first-order valence-corrected chi connectivity index (χ1v) is 10.8. The van der Waals surface area contributed by atoms with Gasteiger partial charge in [-0.3, -0.25) is 14.8 Å². The third kappa shape index (κ3) is 7.08. The van der Waals surface area contributed by atoms with Crippen molar-refractivity contribution in [2.24, 2.45) is 4.99 Å². The summed E-state index contributed by atoms with van der Waals surface area (Å²) >= 11 is 0. The largest absolute Gasteiger partial charge is 0.379 e. The zero-order valence-corrected chi connectivity index (χ0v) is 18.2. The summed E-state index contributed by atoms with van der Waals surface area (Å²) < 4.78 is 5.46. The number of rotatable bonds is 10. The molecular weight excluding hydrogens is 350 g/mol. The predicted molar refractivity (Wildman–Crippen MR) is 118 cm³/mol. The van der Waals surface area contributed by atoms with Gasteiger partial charge >= 0.3 is 0 Å². The van der Waals surface area contributed by atoms with Crippen molar-refractivity contribution in [3.8, 4) is 0 Å². The molecule has 1 fully saturated rings. The summed E-state index contributed by atoms with van der Waals surface area (Å²) in [4.78, 5) is 9.80. The maximum absolute atomic E-state index is 5.46. The molecule has 158 valence electrons. The minimum Gasteiger partial charge on any atom is -0.379 e. The van der Waals surface area contributed by atoms with Crippen LogP contribution in [0.15, 0.2) is 35.3 Å². The van der Waals surface area contributed by atoms with Gasteiger partial charge in [0.25, 0.3) is 0 Å². The number of hydrogen-bond acceptors (Lipinski definition) is 4. The van der Waals surface area contributed by atoms with Gasteiger partial charge in [-0.25, -0.2) is 0 Å². The van der Waals surface area contributed by atoms with Crippen LogP contribution in [0, 0.1) is 0 Å². The first kappa shape index (κ1) is 22.7. The summed E-state index contributed by atoms with van der Waals surface area (Å²) in [6.07, 6.45) is 0. The Labute approximate surface area is 171 Å². The Morgan fingerprint density at radius 3 is 2.39 bits per heavy atom. The van der Waals surface area contributed by atoms with Gasteiger partial charge in [0.15, 0.2) is 5.96 Å². The highest BCUT2D eigenvalue weighted by molar-refractivity contribution is 5.79. The fraction of sp³-hybridized carbons (Fsp3) is 0.682. The van der Waals surface area contributed by atoms with Crippen molar-refractivity contribution in [3.63, 3.8) is 0 Å². The summed E-state index contributed by atoms with van der Waals surface area (Å²) in [5, 5.41) is 6.98. The molecule has 0 aromatic heterocycles. The first-order chi connectivity index (χ1) is 13.7. The van der Waals surface area contributed by atoms with Crippen LogP contribution in [0.4, 0.5) is 0 Å². The van der Waals surface area contributed by atoms with Crippen LogP contribution in [-0.2, 0) is 4.74 Å². The Kier molecular flexibility index (Phi) is 10.3. The van der Waals surface area contributed by atoms with E-state index >= 15 is 0 Å². The Morgan fingerprint density at radius 1 is 1.11 bits per heavy atom. The van der Waals surface area contributed by atoms with Crippen LogP contribution in [0.3, 0.4) is 0 Å². The molecule has 1 aromatic rings. The fourth-order valence-electron chi connectivity index (χ4n) is 3.69. The second-order valence-electron chi connectivity index (χ2n) is 7.25. The molecule has 6 heteroatoms. The van der Waals surface area contributed by atoms with Gasteiger partial charge < -0.3 is 15.4 Å². The fourth-order valence-corrected chi connectivity index (χ4v) is 3.69. The molecule has 2 rings (SSSR count). The van der Waals surface area contributed by atoms with Crippen LogP contribution in [-0.4, -0.2) is 80.8 Å². The Morgan fingerprint density at radius 2 is 1.79 bits per heavy atom. The second kappa shape index (κ2) is 12.8. The van der Waals surface area contributed by atoms with Crippen molar-refractivity contribution in [2.75, 3.05) is 59.0 Å². The number of aliphatic imine (C=N–C) groups is 1. The van der Waals surface area contributed by atoms with Crippen molar-refractivity contribution in [2.45, 2.75) is 39.8 Å². The molecular formula is C22H39N5O. The molecule has 0 saturated carbocycles. The Balaban J connectivity index is 1.99. The molecule has 0 aliphatic carbocycles. The molecule has 0 bridgehead atoms. The number of morpholine rings is 1. The molecule has 2 N–H and O–H groups in total. The summed E-state index contributed by atoms with van der Waals surface area (Å²) in [5.41, 5.74) is 1.34. The minimum atomic E-state index is 0.330. The summed E-state index contributed by atoms with van der Waals surface area (Å²) in [6, 6.07) is 11.5. The van der Waals surface area contributed by atoms with Crippen LogP contribution in [0.2, 0.25) is 0 Å². The van der Waals surface area contributed by atoms with Crippen molar-refractivity contribution < 1.29 is 4.74 Å². The summed E-state index contributed by atoms with van der Waals surface area (Å²) in [7, 11) is 0. The summed E-state index contributed by atoms with van der Waals surface area (Å²) in [6.45, 7) is 17.0. The lowest BCUT2D eigenvalue weighted by molar-refractivity contribution is 0.0220. The van der Waals surface area contributed by atoms with E-state index < -0.39 is 0 Å². The maximum Gasteiger partial charge on any atom is 0.191 e. The highest BCUT2D eigenvalue weighted by atomic mass is 16.5. The first-order valence-electron chi connectivity index (χ1n) is 10.8. The van der Waals surface area contributed by atoms with Crippen molar-refractivity contribution in [1.82, 2.24) is 20.4 Å². The number of benzene rings is 1. The van der Waals surface area contributed by atoms with Gasteiger partial charge in [0, 0.05) is 32.2 Å². The van der Waals surface area contributed by atoms with Gasteiger partial charge in [0.2, 0.25) is 0 Å². The molecule has 0 radical (unpaired) electrons. The Hall–Kier alpha value is -1.63. The molecule has 6 nitrogen and oxygen atoms in total. The van der Waals surface area contributed by atoms with E-state index in [1.165, 1.54) is 5.56 Å². The van der Waals surface area contributed by atoms with Gasteiger partial charge in [-0.1, -0.05) is 44.2 Å². The lowest BCUT2D eigenvalue weighted by atomic mass is 10.1. The number of nitrogens with zero attached hydrogens (tertiary/aromatic N) is 3. The highest BCUT2D eigenvalue weighted by Crippen LogP contribution is 2.19. The number of ether oxygens (including phenoxy) is 1. The average Bonchev–Trinajstić information content (AvgIpc) is 2.75. The normalized spacial score (nSPS) is 18.1. The van der Waals surface area contributed by atoms with Crippen LogP contribution in [0.1, 0.15) is 39.3 Å². The van der Waals surface area contributed by atoms with Crippen molar-refractivity contribution in [1.29, 1.82) is 0 Å². The monoisotopic (exact) mass is 389 g/mol. The zero-order chi connectivity index (χ0) is 20.2. The van der Waals surface area contributed by atoms with E-state index in [9.17, 15) is 0 Å². The van der Waals surface area contributed by atoms with E-state index in [-0.39, 0.29) is 0 Å².